The second-order valence-electron chi connectivity index (χ2n) is 3.94. The third-order valence-electron chi connectivity index (χ3n) is 2.71. The number of hydrogen-bond acceptors (Lipinski definition) is 5. The van der Waals surface area contributed by atoms with Crippen molar-refractivity contribution in [3.05, 3.63) is 12.3 Å². The van der Waals surface area contributed by atoms with Gasteiger partial charge in [0, 0.05) is 13.1 Å². The zero-order valence-electron chi connectivity index (χ0n) is 9.74. The molecule has 0 aliphatic carbocycles. The van der Waals surface area contributed by atoms with Crippen molar-refractivity contribution in [1.82, 2.24) is 19.8 Å². The molecule has 3 N–H and O–H groups in total. The van der Waals surface area contributed by atoms with E-state index in [4.69, 9.17) is 5.11 Å². The first-order valence-corrected chi connectivity index (χ1v) is 6.87. The monoisotopic (exact) mass is 288 g/mol. The first-order chi connectivity index (χ1) is 8.93. The predicted octanol–water partition coefficient (Wildman–Crippen LogP) is -1.63. The average Bonchev–Trinajstić information content (AvgIpc) is 2.85. The SMILES string of the molecule is O=C(O)CC1C(=O)NCCN1S(=O)(=O)c1ccn[nH]1. The molecule has 1 aromatic heterocycles. The molecule has 1 unspecified atom stereocenters. The molecule has 1 saturated heterocycles. The molecule has 2 heterocycles. The number of piperazine rings is 1. The van der Waals surface area contributed by atoms with Gasteiger partial charge in [-0.1, -0.05) is 0 Å². The normalized spacial score (nSPS) is 21.1. The number of nitrogens with one attached hydrogen (secondary N) is 2. The van der Waals surface area contributed by atoms with Crippen LogP contribution in [0.25, 0.3) is 0 Å². The molecule has 9 nitrogen and oxygen atoms in total. The van der Waals surface area contributed by atoms with Gasteiger partial charge in [-0.15, -0.1) is 0 Å². The number of aromatic nitrogens is 2. The van der Waals surface area contributed by atoms with Gasteiger partial charge >= 0.3 is 5.97 Å². The largest absolute Gasteiger partial charge is 0.481 e. The lowest BCUT2D eigenvalue weighted by Gasteiger charge is -2.32. The van der Waals surface area contributed by atoms with E-state index in [9.17, 15) is 18.0 Å². The minimum atomic E-state index is -3.96. The highest BCUT2D eigenvalue weighted by Gasteiger charge is 2.40. The molecule has 0 saturated carbocycles. The fraction of sp³-hybridized carbons (Fsp3) is 0.444. The number of H-pyrrole nitrogens is 1. The molecule has 1 aliphatic rings. The van der Waals surface area contributed by atoms with Gasteiger partial charge in [-0.25, -0.2) is 8.42 Å². The van der Waals surface area contributed by atoms with Crippen LogP contribution < -0.4 is 5.32 Å². The summed E-state index contributed by atoms with van der Waals surface area (Å²) in [6, 6.07) is -0.000743. The van der Waals surface area contributed by atoms with Gasteiger partial charge in [-0.2, -0.15) is 9.40 Å². The van der Waals surface area contributed by atoms with Gasteiger partial charge < -0.3 is 10.4 Å². The van der Waals surface area contributed by atoms with E-state index in [1.54, 1.807) is 0 Å². The summed E-state index contributed by atoms with van der Waals surface area (Å²) < 4.78 is 25.4. The molecule has 1 aliphatic heterocycles. The molecular weight excluding hydrogens is 276 g/mol. The van der Waals surface area contributed by atoms with Crippen LogP contribution in [0.3, 0.4) is 0 Å². The molecule has 1 aromatic rings. The fourth-order valence-electron chi connectivity index (χ4n) is 1.85. The number of amides is 1. The lowest BCUT2D eigenvalue weighted by atomic mass is 10.1. The Kier molecular flexibility index (Phi) is 3.53. The number of aromatic amines is 1. The lowest BCUT2D eigenvalue weighted by Crippen LogP contribution is -2.57. The molecule has 1 amide bonds. The zero-order valence-corrected chi connectivity index (χ0v) is 10.6. The maximum atomic E-state index is 12.3. The molecule has 2 rings (SSSR count). The number of carboxylic acids is 1. The smallest absolute Gasteiger partial charge is 0.305 e. The Bertz CT molecular complexity index is 582. The molecule has 1 atom stereocenters. The van der Waals surface area contributed by atoms with Gasteiger partial charge in [0.25, 0.3) is 10.0 Å². The van der Waals surface area contributed by atoms with E-state index in [0.29, 0.717) is 0 Å². The van der Waals surface area contributed by atoms with E-state index in [2.05, 4.69) is 15.5 Å². The predicted molar refractivity (Wildman–Crippen MR) is 61.5 cm³/mol. The molecule has 0 bridgehead atoms. The van der Waals surface area contributed by atoms with Gasteiger partial charge in [0.15, 0.2) is 5.03 Å². The van der Waals surface area contributed by atoms with Crippen molar-refractivity contribution in [2.45, 2.75) is 17.5 Å². The number of carbonyl (C=O) groups is 2. The van der Waals surface area contributed by atoms with Crippen LogP contribution >= 0.6 is 0 Å². The Hall–Kier alpha value is -1.94. The number of carbonyl (C=O) groups excluding carboxylic acids is 1. The molecule has 0 radical (unpaired) electrons. The minimum absolute atomic E-state index is 0.0189. The van der Waals surface area contributed by atoms with Crippen LogP contribution in [-0.2, 0) is 19.6 Å². The van der Waals surface area contributed by atoms with Crippen LogP contribution in [0.4, 0.5) is 0 Å². The van der Waals surface area contributed by atoms with Crippen molar-refractivity contribution in [2.75, 3.05) is 13.1 Å². The molecule has 104 valence electrons. The Morgan fingerprint density at radius 1 is 1.58 bits per heavy atom. The Balaban J connectivity index is 2.35. The van der Waals surface area contributed by atoms with Crippen LogP contribution in [0.1, 0.15) is 6.42 Å². The number of sulfonamides is 1. The van der Waals surface area contributed by atoms with Crippen molar-refractivity contribution in [3.63, 3.8) is 0 Å². The molecule has 0 aromatic carbocycles. The number of aliphatic carboxylic acids is 1. The summed E-state index contributed by atoms with van der Waals surface area (Å²) in [7, 11) is -3.96. The van der Waals surface area contributed by atoms with E-state index in [1.807, 2.05) is 0 Å². The maximum absolute atomic E-state index is 12.3. The summed E-state index contributed by atoms with van der Waals surface area (Å²) in [6.45, 7) is 0.160. The summed E-state index contributed by atoms with van der Waals surface area (Å²) in [4.78, 5) is 22.4. The average molecular weight is 288 g/mol. The standard InChI is InChI=1S/C9H12N4O5S/c14-8(15)5-6-9(16)10-3-4-13(6)19(17,18)7-1-2-11-12-7/h1-2,6H,3-5H2,(H,10,16)(H,11,12)(H,14,15). The Morgan fingerprint density at radius 2 is 2.32 bits per heavy atom. The summed E-state index contributed by atoms with van der Waals surface area (Å²) in [5.74, 6) is -1.86. The summed E-state index contributed by atoms with van der Waals surface area (Å²) >= 11 is 0. The van der Waals surface area contributed by atoms with Gasteiger partial charge in [0.1, 0.15) is 6.04 Å². The molecule has 10 heteroatoms. The van der Waals surface area contributed by atoms with Crippen molar-refractivity contribution >= 4 is 21.9 Å². The van der Waals surface area contributed by atoms with Crippen molar-refractivity contribution < 1.29 is 23.1 Å². The third-order valence-corrected chi connectivity index (χ3v) is 4.55. The van der Waals surface area contributed by atoms with E-state index >= 15 is 0 Å². The highest BCUT2D eigenvalue weighted by molar-refractivity contribution is 7.89. The van der Waals surface area contributed by atoms with E-state index in [-0.39, 0.29) is 18.1 Å². The van der Waals surface area contributed by atoms with Gasteiger partial charge in [0.2, 0.25) is 5.91 Å². The second-order valence-corrected chi connectivity index (χ2v) is 5.80. The maximum Gasteiger partial charge on any atom is 0.305 e. The quantitative estimate of drug-likeness (QED) is 0.609. The van der Waals surface area contributed by atoms with Crippen molar-refractivity contribution in [2.24, 2.45) is 0 Å². The topological polar surface area (TPSA) is 132 Å². The second kappa shape index (κ2) is 4.97. The van der Waals surface area contributed by atoms with Gasteiger partial charge in [0.05, 0.1) is 12.6 Å². The summed E-state index contributed by atoms with van der Waals surface area (Å²) in [6.07, 6.45) is 0.683. The Labute approximate surface area is 108 Å². The number of rotatable bonds is 4. The van der Waals surface area contributed by atoms with E-state index in [0.717, 1.165) is 4.31 Å². The van der Waals surface area contributed by atoms with Crippen LogP contribution in [-0.4, -0.2) is 59.0 Å². The molecule has 19 heavy (non-hydrogen) atoms. The lowest BCUT2D eigenvalue weighted by molar-refractivity contribution is -0.141. The fourth-order valence-corrected chi connectivity index (χ4v) is 3.34. The number of hydrogen-bond donors (Lipinski definition) is 3. The first kappa shape index (κ1) is 13.5. The molecular formula is C9H12N4O5S. The Morgan fingerprint density at radius 3 is 2.89 bits per heavy atom. The van der Waals surface area contributed by atoms with E-state index < -0.39 is 34.4 Å². The van der Waals surface area contributed by atoms with Crippen molar-refractivity contribution in [3.8, 4) is 0 Å². The highest BCUT2D eigenvalue weighted by Crippen LogP contribution is 2.19. The third kappa shape index (κ3) is 2.58. The van der Waals surface area contributed by atoms with Gasteiger partial charge in [-0.05, 0) is 6.07 Å². The van der Waals surface area contributed by atoms with Crippen LogP contribution in [0.2, 0.25) is 0 Å². The van der Waals surface area contributed by atoms with Crippen LogP contribution in [0, 0.1) is 0 Å². The molecule has 1 fully saturated rings. The first-order valence-electron chi connectivity index (χ1n) is 5.43. The minimum Gasteiger partial charge on any atom is -0.481 e. The summed E-state index contributed by atoms with van der Waals surface area (Å²) in [5, 5.41) is 16.9. The zero-order chi connectivity index (χ0) is 14.0. The number of carboxylic acid groups (broad SMARTS) is 1. The number of nitrogens with zero attached hydrogens (tertiary/aromatic N) is 2. The van der Waals surface area contributed by atoms with Gasteiger partial charge in [-0.3, -0.25) is 14.7 Å². The van der Waals surface area contributed by atoms with Crippen molar-refractivity contribution in [1.29, 1.82) is 0 Å². The molecule has 0 spiro atoms. The van der Waals surface area contributed by atoms with Crippen LogP contribution in [0.5, 0.6) is 0 Å². The highest BCUT2D eigenvalue weighted by atomic mass is 32.2. The van der Waals surface area contributed by atoms with E-state index in [1.165, 1.54) is 12.3 Å². The van der Waals surface area contributed by atoms with Crippen LogP contribution in [0.15, 0.2) is 17.3 Å². The summed E-state index contributed by atoms with van der Waals surface area (Å²) in [5.41, 5.74) is 0.